The molecule has 0 radical (unpaired) electrons. The second-order valence-corrected chi connectivity index (χ2v) is 5.14. The molecule has 1 fully saturated rings. The van der Waals surface area contributed by atoms with Crippen molar-refractivity contribution in [1.82, 2.24) is 5.32 Å². The van der Waals surface area contributed by atoms with E-state index in [9.17, 15) is 4.39 Å². The van der Waals surface area contributed by atoms with Crippen LogP contribution in [0.4, 0.5) is 4.39 Å². The molecule has 1 aromatic carbocycles. The zero-order chi connectivity index (χ0) is 12.1. The van der Waals surface area contributed by atoms with Gasteiger partial charge in [0.15, 0.2) is 0 Å². The van der Waals surface area contributed by atoms with Crippen molar-refractivity contribution in [2.24, 2.45) is 0 Å². The molecule has 0 saturated heterocycles. The highest BCUT2D eigenvalue weighted by Crippen LogP contribution is 2.18. The van der Waals surface area contributed by atoms with Crippen LogP contribution in [0.25, 0.3) is 0 Å². The molecule has 1 aliphatic carbocycles. The van der Waals surface area contributed by atoms with Crippen LogP contribution in [0.1, 0.15) is 49.7 Å². The van der Waals surface area contributed by atoms with E-state index in [2.05, 4.69) is 5.32 Å². The Morgan fingerprint density at radius 3 is 2.53 bits per heavy atom. The Bertz CT molecular complexity index is 354. The van der Waals surface area contributed by atoms with Crippen LogP contribution >= 0.6 is 0 Å². The number of aryl methyl sites for hydroxylation is 1. The number of hydrogen-bond acceptors (Lipinski definition) is 1. The van der Waals surface area contributed by atoms with Crippen molar-refractivity contribution >= 4 is 0 Å². The van der Waals surface area contributed by atoms with Gasteiger partial charge in [-0.1, -0.05) is 31.7 Å². The molecule has 0 unspecified atom stereocenters. The molecule has 0 heterocycles. The zero-order valence-corrected chi connectivity index (χ0v) is 10.6. The van der Waals surface area contributed by atoms with Gasteiger partial charge in [0.1, 0.15) is 5.82 Å². The summed E-state index contributed by atoms with van der Waals surface area (Å²) in [5, 5.41) is 3.62. The van der Waals surface area contributed by atoms with E-state index in [-0.39, 0.29) is 5.82 Å². The van der Waals surface area contributed by atoms with Gasteiger partial charge in [0, 0.05) is 12.6 Å². The smallest absolute Gasteiger partial charge is 0.123 e. The van der Waals surface area contributed by atoms with Gasteiger partial charge >= 0.3 is 0 Å². The van der Waals surface area contributed by atoms with E-state index in [1.54, 1.807) is 12.1 Å². The van der Waals surface area contributed by atoms with Gasteiger partial charge in [0.25, 0.3) is 0 Å². The third-order valence-corrected chi connectivity index (χ3v) is 3.74. The molecule has 1 nitrogen and oxygen atoms in total. The lowest BCUT2D eigenvalue weighted by Gasteiger charge is -2.17. The zero-order valence-electron chi connectivity index (χ0n) is 10.6. The number of rotatable bonds is 3. The van der Waals surface area contributed by atoms with Gasteiger partial charge in [-0.2, -0.15) is 0 Å². The van der Waals surface area contributed by atoms with E-state index in [0.29, 0.717) is 6.04 Å². The molecule has 1 N–H and O–H groups in total. The summed E-state index contributed by atoms with van der Waals surface area (Å²) >= 11 is 0. The average Bonchev–Trinajstić information content (AvgIpc) is 2.56. The number of nitrogens with one attached hydrogen (secondary N) is 1. The third-order valence-electron chi connectivity index (χ3n) is 3.74. The minimum absolute atomic E-state index is 0.138. The van der Waals surface area contributed by atoms with Crippen LogP contribution in [0.15, 0.2) is 18.2 Å². The fourth-order valence-corrected chi connectivity index (χ4v) is 2.60. The van der Waals surface area contributed by atoms with Crippen molar-refractivity contribution in [1.29, 1.82) is 0 Å². The van der Waals surface area contributed by atoms with Crippen LogP contribution < -0.4 is 5.32 Å². The van der Waals surface area contributed by atoms with Gasteiger partial charge in [-0.25, -0.2) is 4.39 Å². The first-order chi connectivity index (χ1) is 8.25. The maximum absolute atomic E-state index is 13.0. The van der Waals surface area contributed by atoms with Crippen molar-refractivity contribution < 1.29 is 4.39 Å². The quantitative estimate of drug-likeness (QED) is 0.782. The van der Waals surface area contributed by atoms with Gasteiger partial charge in [0.2, 0.25) is 0 Å². The Morgan fingerprint density at radius 1 is 1.18 bits per heavy atom. The third kappa shape index (κ3) is 3.81. The molecule has 0 atom stereocenters. The molecular formula is C15H22FN. The monoisotopic (exact) mass is 235 g/mol. The molecule has 0 aliphatic heterocycles. The average molecular weight is 235 g/mol. The molecule has 0 aromatic heterocycles. The molecule has 1 aliphatic rings. The van der Waals surface area contributed by atoms with Gasteiger partial charge in [0.05, 0.1) is 0 Å². The topological polar surface area (TPSA) is 12.0 Å². The predicted molar refractivity (Wildman–Crippen MR) is 69.5 cm³/mol. The van der Waals surface area contributed by atoms with Crippen molar-refractivity contribution in [2.75, 3.05) is 0 Å². The summed E-state index contributed by atoms with van der Waals surface area (Å²) in [5.74, 6) is -0.138. The van der Waals surface area contributed by atoms with E-state index < -0.39 is 0 Å². The van der Waals surface area contributed by atoms with Crippen LogP contribution in [-0.2, 0) is 6.54 Å². The first kappa shape index (κ1) is 12.6. The van der Waals surface area contributed by atoms with Gasteiger partial charge < -0.3 is 5.32 Å². The number of halogens is 1. The summed E-state index contributed by atoms with van der Waals surface area (Å²) in [4.78, 5) is 0. The Balaban J connectivity index is 1.88. The highest BCUT2D eigenvalue weighted by atomic mass is 19.1. The maximum atomic E-state index is 13.0. The number of hydrogen-bond donors (Lipinski definition) is 1. The molecular weight excluding hydrogens is 213 g/mol. The highest BCUT2D eigenvalue weighted by Gasteiger charge is 2.11. The lowest BCUT2D eigenvalue weighted by molar-refractivity contribution is 0.458. The van der Waals surface area contributed by atoms with Crippen molar-refractivity contribution in [3.05, 3.63) is 35.1 Å². The lowest BCUT2D eigenvalue weighted by atomic mass is 10.1. The molecule has 1 saturated carbocycles. The summed E-state index contributed by atoms with van der Waals surface area (Å²) in [6.07, 6.45) is 8.04. The van der Waals surface area contributed by atoms with E-state index in [1.165, 1.54) is 44.1 Å². The fourth-order valence-electron chi connectivity index (χ4n) is 2.60. The molecule has 0 bridgehead atoms. The molecule has 94 valence electrons. The molecule has 0 amide bonds. The van der Waals surface area contributed by atoms with E-state index in [4.69, 9.17) is 0 Å². The maximum Gasteiger partial charge on any atom is 0.123 e. The minimum Gasteiger partial charge on any atom is -0.310 e. The molecule has 17 heavy (non-hydrogen) atoms. The second-order valence-electron chi connectivity index (χ2n) is 5.14. The van der Waals surface area contributed by atoms with Gasteiger partial charge in [-0.3, -0.25) is 0 Å². The Morgan fingerprint density at radius 2 is 1.88 bits per heavy atom. The second kappa shape index (κ2) is 6.15. The Kier molecular flexibility index (Phi) is 4.55. The van der Waals surface area contributed by atoms with Crippen LogP contribution in [-0.4, -0.2) is 6.04 Å². The first-order valence-electron chi connectivity index (χ1n) is 6.74. The van der Waals surface area contributed by atoms with Crippen LogP contribution in [0.3, 0.4) is 0 Å². The number of benzene rings is 1. The summed E-state index contributed by atoms with van der Waals surface area (Å²) in [7, 11) is 0. The molecule has 2 rings (SSSR count). The van der Waals surface area contributed by atoms with E-state index in [1.807, 2.05) is 13.0 Å². The van der Waals surface area contributed by atoms with Crippen molar-refractivity contribution in [2.45, 2.75) is 58.0 Å². The van der Waals surface area contributed by atoms with Gasteiger partial charge in [-0.05, 0) is 43.0 Å². The molecule has 0 spiro atoms. The Labute approximate surface area is 103 Å². The fraction of sp³-hybridized carbons (Fsp3) is 0.600. The molecule has 1 aromatic rings. The summed E-state index contributed by atoms with van der Waals surface area (Å²) in [6.45, 7) is 2.85. The first-order valence-corrected chi connectivity index (χ1v) is 6.74. The Hall–Kier alpha value is -0.890. The molecule has 2 heteroatoms. The lowest BCUT2D eigenvalue weighted by Crippen LogP contribution is -2.28. The highest BCUT2D eigenvalue weighted by molar-refractivity contribution is 5.26. The van der Waals surface area contributed by atoms with E-state index in [0.717, 1.165) is 12.1 Å². The van der Waals surface area contributed by atoms with Crippen LogP contribution in [0.2, 0.25) is 0 Å². The van der Waals surface area contributed by atoms with E-state index >= 15 is 0 Å². The van der Waals surface area contributed by atoms with Crippen LogP contribution in [0, 0.1) is 12.7 Å². The SMILES string of the molecule is Cc1cc(F)ccc1CNC1CCCCCC1. The normalized spacial score (nSPS) is 18.0. The minimum atomic E-state index is -0.138. The van der Waals surface area contributed by atoms with Crippen molar-refractivity contribution in [3.63, 3.8) is 0 Å². The predicted octanol–water partition coefficient (Wildman–Crippen LogP) is 3.95. The summed E-state index contributed by atoms with van der Waals surface area (Å²) in [5.41, 5.74) is 2.27. The summed E-state index contributed by atoms with van der Waals surface area (Å²) in [6, 6.07) is 5.72. The summed E-state index contributed by atoms with van der Waals surface area (Å²) < 4.78 is 13.0. The standard InChI is InChI=1S/C15H22FN/c1-12-10-14(16)9-8-13(12)11-17-15-6-4-2-3-5-7-15/h8-10,15,17H,2-7,11H2,1H3. The largest absolute Gasteiger partial charge is 0.310 e. The van der Waals surface area contributed by atoms with Crippen LogP contribution in [0.5, 0.6) is 0 Å². The van der Waals surface area contributed by atoms with Crippen molar-refractivity contribution in [3.8, 4) is 0 Å². The van der Waals surface area contributed by atoms with Gasteiger partial charge in [-0.15, -0.1) is 0 Å².